The van der Waals surface area contributed by atoms with Gasteiger partial charge in [-0.05, 0) is 56.7 Å². The molecule has 1 heterocycles. The summed E-state index contributed by atoms with van der Waals surface area (Å²) < 4.78 is 76.6. The van der Waals surface area contributed by atoms with Crippen molar-refractivity contribution < 1.29 is 35.9 Å². The van der Waals surface area contributed by atoms with E-state index in [2.05, 4.69) is 9.71 Å². The Kier molecular flexibility index (Phi) is 6.94. The maximum atomic E-state index is 12.8. The molecule has 0 aliphatic heterocycles. The van der Waals surface area contributed by atoms with Gasteiger partial charge in [0.05, 0.1) is 23.3 Å². The van der Waals surface area contributed by atoms with Gasteiger partial charge in [-0.2, -0.15) is 13.2 Å². The topological polar surface area (TPSA) is 94.6 Å². The fourth-order valence-corrected chi connectivity index (χ4v) is 4.98. The summed E-state index contributed by atoms with van der Waals surface area (Å²) in [5.74, 6) is -0.272. The lowest BCUT2D eigenvalue weighted by Crippen LogP contribution is -2.39. The summed E-state index contributed by atoms with van der Waals surface area (Å²) in [7, 11) is -2.77. The van der Waals surface area contributed by atoms with E-state index in [1.807, 2.05) is 0 Å². The Hall–Kier alpha value is -3.12. The molecule has 0 atom stereocenters. The number of sulfonamides is 1. The van der Waals surface area contributed by atoms with Gasteiger partial charge in [0.1, 0.15) is 5.75 Å². The van der Waals surface area contributed by atoms with Crippen molar-refractivity contribution >= 4 is 32.5 Å². The van der Waals surface area contributed by atoms with Gasteiger partial charge in [0.2, 0.25) is 0 Å². The number of carbonyl (C=O) groups excluding carboxylic acids is 1. The van der Waals surface area contributed by atoms with Crippen LogP contribution in [-0.4, -0.2) is 32.1 Å². The van der Waals surface area contributed by atoms with Gasteiger partial charge in [-0.3, -0.25) is 4.72 Å². The third-order valence-electron chi connectivity index (χ3n) is 4.73. The summed E-state index contributed by atoms with van der Waals surface area (Å²) in [4.78, 5) is 15.9. The number of ether oxygens (including phenoxy) is 2. The van der Waals surface area contributed by atoms with Crippen LogP contribution in [0.4, 0.5) is 18.3 Å². The van der Waals surface area contributed by atoms with Crippen LogP contribution in [0.25, 0.3) is 11.3 Å². The Labute approximate surface area is 198 Å². The fraction of sp³-hybridized carbons (Fsp3) is 0.273. The number of aryl methyl sites for hydroxylation is 1. The van der Waals surface area contributed by atoms with Crippen LogP contribution < -0.4 is 9.46 Å². The molecule has 0 fully saturated rings. The number of benzene rings is 2. The molecule has 1 aromatic heterocycles. The van der Waals surface area contributed by atoms with Crippen LogP contribution in [0.2, 0.25) is 0 Å². The molecule has 0 saturated carbocycles. The average molecular weight is 515 g/mol. The molecule has 0 aliphatic rings. The Bertz CT molecular complexity index is 1300. The number of rotatable bonds is 7. The first kappa shape index (κ1) is 25.5. The zero-order valence-corrected chi connectivity index (χ0v) is 20.2. The quantitative estimate of drug-likeness (QED) is 0.432. The molecule has 0 amide bonds. The lowest BCUT2D eigenvalue weighted by atomic mass is 10.1. The number of hydrogen-bond donors (Lipinski definition) is 1. The SMILES string of the molecule is COC(=O)C(C)(C)Oc1ccc(S(=O)(=O)Nc2nc(-c3ccc(C(F)(F)F)cc3)cs2)cc1C. The standard InChI is InChI=1S/C22H21F3N2O5S2/c1-13-11-16(9-10-18(13)32-21(2,3)19(28)31-4)34(29,30)27-20-26-17(12-33-20)14-5-7-15(8-6-14)22(23,24)25/h5-12H,1-4H3,(H,26,27). The zero-order valence-electron chi connectivity index (χ0n) is 18.6. The second-order valence-corrected chi connectivity index (χ2v) is 10.3. The molecular weight excluding hydrogens is 493 g/mol. The maximum Gasteiger partial charge on any atom is 0.416 e. The van der Waals surface area contributed by atoms with E-state index in [4.69, 9.17) is 9.47 Å². The molecule has 0 spiro atoms. The molecule has 3 rings (SSSR count). The summed E-state index contributed by atoms with van der Waals surface area (Å²) in [5.41, 5.74) is -0.829. The van der Waals surface area contributed by atoms with E-state index < -0.39 is 33.3 Å². The van der Waals surface area contributed by atoms with Crippen molar-refractivity contribution in [3.05, 3.63) is 59.0 Å². The Morgan fingerprint density at radius 3 is 2.29 bits per heavy atom. The molecule has 7 nitrogen and oxygen atoms in total. The average Bonchev–Trinajstić information content (AvgIpc) is 3.21. The van der Waals surface area contributed by atoms with Gasteiger partial charge in [-0.1, -0.05) is 12.1 Å². The zero-order chi connectivity index (χ0) is 25.3. The van der Waals surface area contributed by atoms with E-state index in [9.17, 15) is 26.4 Å². The van der Waals surface area contributed by atoms with Crippen LogP contribution in [-0.2, 0) is 25.7 Å². The molecule has 0 saturated heterocycles. The molecule has 182 valence electrons. The number of nitrogens with one attached hydrogen (secondary N) is 1. The third-order valence-corrected chi connectivity index (χ3v) is 6.96. The number of alkyl halides is 3. The summed E-state index contributed by atoms with van der Waals surface area (Å²) in [6.07, 6.45) is -4.45. The lowest BCUT2D eigenvalue weighted by molar-refractivity contribution is -0.156. The van der Waals surface area contributed by atoms with Crippen molar-refractivity contribution in [2.45, 2.75) is 37.4 Å². The monoisotopic (exact) mass is 514 g/mol. The van der Waals surface area contributed by atoms with E-state index >= 15 is 0 Å². The Balaban J connectivity index is 1.77. The second kappa shape index (κ2) is 9.26. The highest BCUT2D eigenvalue weighted by Gasteiger charge is 2.32. The van der Waals surface area contributed by atoms with E-state index in [0.717, 1.165) is 23.5 Å². The van der Waals surface area contributed by atoms with Crippen molar-refractivity contribution in [1.29, 1.82) is 0 Å². The van der Waals surface area contributed by atoms with Crippen molar-refractivity contribution in [3.63, 3.8) is 0 Å². The van der Waals surface area contributed by atoms with E-state index in [1.54, 1.807) is 6.92 Å². The molecule has 0 bridgehead atoms. The number of esters is 1. The van der Waals surface area contributed by atoms with Crippen molar-refractivity contribution in [2.24, 2.45) is 0 Å². The summed E-state index contributed by atoms with van der Waals surface area (Å²) in [6.45, 7) is 4.69. The first-order chi connectivity index (χ1) is 15.7. The number of methoxy groups -OCH3 is 1. The highest BCUT2D eigenvalue weighted by atomic mass is 32.2. The van der Waals surface area contributed by atoms with E-state index in [-0.39, 0.29) is 10.0 Å². The summed E-state index contributed by atoms with van der Waals surface area (Å²) in [6, 6.07) is 8.56. The molecule has 2 aromatic carbocycles. The summed E-state index contributed by atoms with van der Waals surface area (Å²) in [5, 5.41) is 1.59. The predicted octanol–water partition coefficient (Wildman–Crippen LogP) is 5.27. The van der Waals surface area contributed by atoms with Crippen LogP contribution in [0.3, 0.4) is 0 Å². The van der Waals surface area contributed by atoms with Gasteiger partial charge in [0.15, 0.2) is 10.7 Å². The molecule has 3 aromatic rings. The van der Waals surface area contributed by atoms with Gasteiger partial charge in [0.25, 0.3) is 10.0 Å². The number of hydrogen-bond acceptors (Lipinski definition) is 7. The highest BCUT2D eigenvalue weighted by molar-refractivity contribution is 7.93. The van der Waals surface area contributed by atoms with E-state index in [1.165, 1.54) is 56.7 Å². The Morgan fingerprint density at radius 1 is 1.09 bits per heavy atom. The number of nitrogens with zero attached hydrogens (tertiary/aromatic N) is 1. The fourth-order valence-electron chi connectivity index (χ4n) is 2.92. The maximum absolute atomic E-state index is 12.8. The minimum atomic E-state index is -4.45. The van der Waals surface area contributed by atoms with Gasteiger partial charge in [0, 0.05) is 10.9 Å². The van der Waals surface area contributed by atoms with E-state index in [0.29, 0.717) is 22.6 Å². The highest BCUT2D eigenvalue weighted by Crippen LogP contribution is 2.33. The molecule has 0 unspecified atom stereocenters. The molecule has 34 heavy (non-hydrogen) atoms. The molecule has 0 radical (unpaired) electrons. The number of carbonyl (C=O) groups is 1. The van der Waals surface area contributed by atoms with Gasteiger partial charge in [-0.25, -0.2) is 18.2 Å². The smallest absolute Gasteiger partial charge is 0.416 e. The summed E-state index contributed by atoms with van der Waals surface area (Å²) >= 11 is 0.997. The largest absolute Gasteiger partial charge is 0.476 e. The molecule has 0 aliphatic carbocycles. The number of halogens is 3. The van der Waals surface area contributed by atoms with Crippen molar-refractivity contribution in [2.75, 3.05) is 11.8 Å². The minimum Gasteiger partial charge on any atom is -0.476 e. The van der Waals surface area contributed by atoms with Gasteiger partial charge in [-0.15, -0.1) is 11.3 Å². The predicted molar refractivity (Wildman–Crippen MR) is 121 cm³/mol. The van der Waals surface area contributed by atoms with Crippen LogP contribution >= 0.6 is 11.3 Å². The number of aromatic nitrogens is 1. The molecular formula is C22H21F3N2O5S2. The van der Waals surface area contributed by atoms with Crippen molar-refractivity contribution in [1.82, 2.24) is 4.98 Å². The number of anilines is 1. The Morgan fingerprint density at radius 2 is 1.74 bits per heavy atom. The van der Waals surface area contributed by atoms with Crippen LogP contribution in [0.15, 0.2) is 52.7 Å². The third kappa shape index (κ3) is 5.68. The first-order valence-corrected chi connectivity index (χ1v) is 12.1. The van der Waals surface area contributed by atoms with Crippen molar-refractivity contribution in [3.8, 4) is 17.0 Å². The number of thiazole rings is 1. The normalized spacial score (nSPS) is 12.3. The van der Waals surface area contributed by atoms with Crippen LogP contribution in [0, 0.1) is 6.92 Å². The molecule has 1 N–H and O–H groups in total. The lowest BCUT2D eigenvalue weighted by Gasteiger charge is -2.24. The van der Waals surface area contributed by atoms with Crippen LogP contribution in [0.1, 0.15) is 25.0 Å². The molecule has 12 heteroatoms. The minimum absolute atomic E-state index is 0.0553. The first-order valence-electron chi connectivity index (χ1n) is 9.77. The van der Waals surface area contributed by atoms with Gasteiger partial charge < -0.3 is 9.47 Å². The van der Waals surface area contributed by atoms with Crippen LogP contribution in [0.5, 0.6) is 5.75 Å². The second-order valence-electron chi connectivity index (χ2n) is 7.75. The van der Waals surface area contributed by atoms with Gasteiger partial charge >= 0.3 is 12.1 Å².